The maximum Gasteiger partial charge on any atom is 0.231 e. The summed E-state index contributed by atoms with van der Waals surface area (Å²) in [6, 6.07) is 0. The Balaban J connectivity index is 1.74. The maximum atomic E-state index is 12.9. The SMILES string of the molecule is O=C(N1CCCCCC1)C1(C2(O)CCOCC2)CC1. The normalized spacial score (nSPS) is 29.6. The second-order valence-corrected chi connectivity index (χ2v) is 6.43. The van der Waals surface area contributed by atoms with Gasteiger partial charge in [0.25, 0.3) is 0 Å². The lowest BCUT2D eigenvalue weighted by Gasteiger charge is -2.41. The topological polar surface area (TPSA) is 49.8 Å². The van der Waals surface area contributed by atoms with Crippen molar-refractivity contribution in [2.75, 3.05) is 26.3 Å². The lowest BCUT2D eigenvalue weighted by molar-refractivity contribution is -0.159. The number of aliphatic hydroxyl groups is 1. The molecule has 0 aromatic heterocycles. The van der Waals surface area contributed by atoms with Gasteiger partial charge in [-0.2, -0.15) is 0 Å². The molecule has 19 heavy (non-hydrogen) atoms. The quantitative estimate of drug-likeness (QED) is 0.828. The summed E-state index contributed by atoms with van der Waals surface area (Å²) in [5.41, 5.74) is -1.28. The van der Waals surface area contributed by atoms with Crippen LogP contribution < -0.4 is 0 Å². The molecule has 1 saturated carbocycles. The average molecular weight is 267 g/mol. The van der Waals surface area contributed by atoms with E-state index in [1.165, 1.54) is 12.8 Å². The molecule has 0 aromatic rings. The van der Waals surface area contributed by atoms with Crippen LogP contribution >= 0.6 is 0 Å². The Bertz CT molecular complexity index is 337. The third kappa shape index (κ3) is 2.29. The van der Waals surface area contributed by atoms with Crippen molar-refractivity contribution in [3.05, 3.63) is 0 Å². The van der Waals surface area contributed by atoms with Crippen molar-refractivity contribution >= 4 is 5.91 Å². The monoisotopic (exact) mass is 267 g/mol. The fourth-order valence-corrected chi connectivity index (χ4v) is 3.77. The Morgan fingerprint density at radius 2 is 1.53 bits per heavy atom. The summed E-state index contributed by atoms with van der Waals surface area (Å²) in [7, 11) is 0. The number of hydrogen-bond donors (Lipinski definition) is 1. The predicted molar refractivity (Wildman–Crippen MR) is 71.7 cm³/mol. The number of carbonyl (C=O) groups excluding carboxylic acids is 1. The first-order valence-electron chi connectivity index (χ1n) is 7.78. The summed E-state index contributed by atoms with van der Waals surface area (Å²) >= 11 is 0. The number of rotatable bonds is 2. The maximum absolute atomic E-state index is 12.9. The Morgan fingerprint density at radius 3 is 2.05 bits per heavy atom. The number of ether oxygens (including phenoxy) is 1. The highest BCUT2D eigenvalue weighted by molar-refractivity contribution is 5.87. The van der Waals surface area contributed by atoms with E-state index in [2.05, 4.69) is 0 Å². The lowest BCUT2D eigenvalue weighted by atomic mass is 9.77. The molecule has 0 bridgehead atoms. The van der Waals surface area contributed by atoms with Gasteiger partial charge in [-0.05, 0) is 25.7 Å². The van der Waals surface area contributed by atoms with Crippen molar-refractivity contribution in [1.29, 1.82) is 0 Å². The predicted octanol–water partition coefficient (Wildman–Crippen LogP) is 1.71. The molecule has 0 unspecified atom stereocenters. The molecule has 0 aromatic carbocycles. The molecule has 1 aliphatic carbocycles. The van der Waals surface area contributed by atoms with Crippen molar-refractivity contribution in [3.63, 3.8) is 0 Å². The smallest absolute Gasteiger partial charge is 0.231 e. The molecule has 0 spiro atoms. The Labute approximate surface area is 115 Å². The van der Waals surface area contributed by atoms with E-state index >= 15 is 0 Å². The first kappa shape index (κ1) is 13.4. The van der Waals surface area contributed by atoms with Crippen LogP contribution in [-0.2, 0) is 9.53 Å². The molecule has 2 aliphatic heterocycles. The fraction of sp³-hybridized carbons (Fsp3) is 0.933. The highest BCUT2D eigenvalue weighted by atomic mass is 16.5. The van der Waals surface area contributed by atoms with Crippen molar-refractivity contribution in [2.45, 2.75) is 57.0 Å². The van der Waals surface area contributed by atoms with Crippen molar-refractivity contribution in [3.8, 4) is 0 Å². The van der Waals surface area contributed by atoms with Gasteiger partial charge >= 0.3 is 0 Å². The molecule has 108 valence electrons. The Hall–Kier alpha value is -0.610. The van der Waals surface area contributed by atoms with Crippen LogP contribution in [0.4, 0.5) is 0 Å². The van der Waals surface area contributed by atoms with Crippen molar-refractivity contribution in [2.24, 2.45) is 5.41 Å². The summed E-state index contributed by atoms with van der Waals surface area (Å²) in [6.45, 7) is 2.94. The van der Waals surface area contributed by atoms with Crippen LogP contribution in [0.15, 0.2) is 0 Å². The lowest BCUT2D eigenvalue weighted by Crippen LogP contribution is -2.53. The van der Waals surface area contributed by atoms with E-state index in [0.29, 0.717) is 26.1 Å². The molecule has 2 saturated heterocycles. The zero-order valence-electron chi connectivity index (χ0n) is 11.7. The first-order valence-corrected chi connectivity index (χ1v) is 7.78. The minimum absolute atomic E-state index is 0.221. The zero-order valence-corrected chi connectivity index (χ0v) is 11.7. The summed E-state index contributed by atoms with van der Waals surface area (Å²) in [5, 5.41) is 10.9. The number of amides is 1. The van der Waals surface area contributed by atoms with Gasteiger partial charge in [-0.1, -0.05) is 12.8 Å². The highest BCUT2D eigenvalue weighted by Crippen LogP contribution is 2.58. The Morgan fingerprint density at radius 1 is 0.947 bits per heavy atom. The summed E-state index contributed by atoms with van der Waals surface area (Å²) in [4.78, 5) is 14.9. The average Bonchev–Trinajstić information content (AvgIpc) is 3.24. The van der Waals surface area contributed by atoms with E-state index in [1.807, 2.05) is 4.90 Å². The standard InChI is InChI=1S/C15H25NO3/c17-13(16-9-3-1-2-4-10-16)14(5-6-14)15(18)7-11-19-12-8-15/h18H,1-12H2. The molecule has 4 heteroatoms. The minimum Gasteiger partial charge on any atom is -0.389 e. The van der Waals surface area contributed by atoms with Crippen LogP contribution in [0.2, 0.25) is 0 Å². The van der Waals surface area contributed by atoms with Gasteiger partial charge < -0.3 is 14.7 Å². The van der Waals surface area contributed by atoms with Crippen LogP contribution in [0.3, 0.4) is 0 Å². The van der Waals surface area contributed by atoms with Crippen LogP contribution in [0.5, 0.6) is 0 Å². The molecule has 2 heterocycles. The fourth-order valence-electron chi connectivity index (χ4n) is 3.77. The van der Waals surface area contributed by atoms with E-state index < -0.39 is 11.0 Å². The third-order valence-electron chi connectivity index (χ3n) is 5.26. The van der Waals surface area contributed by atoms with E-state index in [0.717, 1.165) is 38.8 Å². The number of hydrogen-bond acceptors (Lipinski definition) is 3. The third-order valence-corrected chi connectivity index (χ3v) is 5.26. The molecule has 3 rings (SSSR count). The number of likely N-dealkylation sites (tertiary alicyclic amines) is 1. The van der Waals surface area contributed by atoms with Crippen molar-refractivity contribution in [1.82, 2.24) is 4.90 Å². The molecule has 3 fully saturated rings. The molecule has 1 amide bonds. The molecule has 0 radical (unpaired) electrons. The second kappa shape index (κ2) is 5.06. The summed E-state index contributed by atoms with van der Waals surface area (Å²) in [6.07, 6.45) is 7.65. The Kier molecular flexibility index (Phi) is 3.56. The van der Waals surface area contributed by atoms with Gasteiger partial charge in [-0.25, -0.2) is 0 Å². The molecule has 3 aliphatic rings. The van der Waals surface area contributed by atoms with Gasteiger partial charge in [-0.15, -0.1) is 0 Å². The van der Waals surface area contributed by atoms with Gasteiger partial charge in [0.2, 0.25) is 5.91 Å². The zero-order chi connectivity index (χ0) is 13.3. The van der Waals surface area contributed by atoms with E-state index in [1.54, 1.807) is 0 Å². The van der Waals surface area contributed by atoms with Gasteiger partial charge in [0.15, 0.2) is 0 Å². The number of carbonyl (C=O) groups is 1. The minimum atomic E-state index is -0.811. The molecular formula is C15H25NO3. The second-order valence-electron chi connectivity index (χ2n) is 6.43. The molecular weight excluding hydrogens is 242 g/mol. The van der Waals surface area contributed by atoms with Gasteiger partial charge in [-0.3, -0.25) is 4.79 Å². The number of nitrogens with zero attached hydrogens (tertiary/aromatic N) is 1. The van der Waals surface area contributed by atoms with Gasteiger partial charge in [0.05, 0.1) is 11.0 Å². The first-order chi connectivity index (χ1) is 9.18. The highest BCUT2D eigenvalue weighted by Gasteiger charge is 2.64. The molecule has 1 N–H and O–H groups in total. The summed E-state index contributed by atoms with van der Waals surface area (Å²) in [5.74, 6) is 0.221. The van der Waals surface area contributed by atoms with Gasteiger partial charge in [0.1, 0.15) is 0 Å². The molecule has 4 nitrogen and oxygen atoms in total. The van der Waals surface area contributed by atoms with Crippen molar-refractivity contribution < 1.29 is 14.6 Å². The largest absolute Gasteiger partial charge is 0.389 e. The van der Waals surface area contributed by atoms with Crippen LogP contribution in [-0.4, -0.2) is 47.8 Å². The van der Waals surface area contributed by atoms with E-state index in [-0.39, 0.29) is 5.91 Å². The summed E-state index contributed by atoms with van der Waals surface area (Å²) < 4.78 is 5.35. The molecule has 0 atom stereocenters. The van der Waals surface area contributed by atoms with Gasteiger partial charge in [0, 0.05) is 39.1 Å². The van der Waals surface area contributed by atoms with E-state index in [4.69, 9.17) is 4.74 Å². The van der Waals surface area contributed by atoms with Crippen LogP contribution in [0, 0.1) is 5.41 Å². The van der Waals surface area contributed by atoms with Crippen LogP contribution in [0.1, 0.15) is 51.4 Å². The van der Waals surface area contributed by atoms with Crippen LogP contribution in [0.25, 0.3) is 0 Å². The van der Waals surface area contributed by atoms with E-state index in [9.17, 15) is 9.90 Å².